The van der Waals surface area contributed by atoms with Crippen LogP contribution in [0.5, 0.6) is 0 Å². The Labute approximate surface area is 88.5 Å². The van der Waals surface area contributed by atoms with Crippen molar-refractivity contribution in [2.45, 2.75) is 19.4 Å². The molecule has 0 saturated carbocycles. The van der Waals surface area contributed by atoms with Gasteiger partial charge in [-0.25, -0.2) is 4.98 Å². The lowest BCUT2D eigenvalue weighted by atomic mass is 10.3. The van der Waals surface area contributed by atoms with Crippen LogP contribution in [0.25, 0.3) is 0 Å². The molecule has 0 saturated heterocycles. The van der Waals surface area contributed by atoms with Gasteiger partial charge in [-0.3, -0.25) is 14.4 Å². The molecule has 84 valence electrons. The van der Waals surface area contributed by atoms with Gasteiger partial charge in [-0.1, -0.05) is 0 Å². The van der Waals surface area contributed by atoms with Crippen molar-refractivity contribution in [3.63, 3.8) is 0 Å². The fraction of sp³-hybridized carbons (Fsp3) is 0.667. The molecule has 0 aliphatic carbocycles. The van der Waals surface area contributed by atoms with Crippen molar-refractivity contribution >= 4 is 5.97 Å². The molecule has 0 radical (unpaired) electrons. The lowest BCUT2D eigenvalue weighted by Crippen LogP contribution is -2.22. The van der Waals surface area contributed by atoms with E-state index in [0.717, 1.165) is 12.4 Å². The van der Waals surface area contributed by atoms with E-state index in [4.69, 9.17) is 5.11 Å². The van der Waals surface area contributed by atoms with Crippen LogP contribution in [-0.2, 0) is 18.4 Å². The van der Waals surface area contributed by atoms with E-state index in [-0.39, 0.29) is 6.42 Å². The van der Waals surface area contributed by atoms with E-state index in [1.165, 1.54) is 6.33 Å². The number of carbonyl (C=O) groups is 1. The standard InChI is InChI=1S/C9H16N4O2/c1-12(5-3-4-9(14)15)6-8-10-7-11-13(8)2/h7H,3-6H2,1-2H3,(H,14,15). The van der Waals surface area contributed by atoms with Crippen LogP contribution in [0.3, 0.4) is 0 Å². The number of aliphatic carboxylic acids is 1. The summed E-state index contributed by atoms with van der Waals surface area (Å²) in [4.78, 5) is 16.4. The molecule has 6 heteroatoms. The van der Waals surface area contributed by atoms with Crippen LogP contribution in [0, 0.1) is 0 Å². The third kappa shape index (κ3) is 4.07. The van der Waals surface area contributed by atoms with Crippen molar-refractivity contribution in [1.29, 1.82) is 0 Å². The predicted octanol–water partition coefficient (Wildman–Crippen LogP) is 0.112. The summed E-state index contributed by atoms with van der Waals surface area (Å²) in [6.45, 7) is 1.44. The highest BCUT2D eigenvalue weighted by Gasteiger charge is 2.05. The van der Waals surface area contributed by atoms with Crippen molar-refractivity contribution in [2.75, 3.05) is 13.6 Å². The largest absolute Gasteiger partial charge is 0.481 e. The first kappa shape index (κ1) is 11.6. The zero-order valence-corrected chi connectivity index (χ0v) is 9.05. The Balaban J connectivity index is 2.27. The van der Waals surface area contributed by atoms with Crippen LogP contribution in [0.2, 0.25) is 0 Å². The summed E-state index contributed by atoms with van der Waals surface area (Å²) in [5.41, 5.74) is 0. The Hall–Kier alpha value is -1.43. The van der Waals surface area contributed by atoms with Gasteiger partial charge in [-0.2, -0.15) is 5.10 Å². The van der Waals surface area contributed by atoms with Crippen LogP contribution in [0.1, 0.15) is 18.7 Å². The molecule has 6 nitrogen and oxygen atoms in total. The van der Waals surface area contributed by atoms with E-state index < -0.39 is 5.97 Å². The summed E-state index contributed by atoms with van der Waals surface area (Å²) in [5.74, 6) is 0.134. The van der Waals surface area contributed by atoms with Crippen molar-refractivity contribution in [1.82, 2.24) is 19.7 Å². The summed E-state index contributed by atoms with van der Waals surface area (Å²) in [7, 11) is 3.78. The average molecular weight is 212 g/mol. The van der Waals surface area contributed by atoms with Crippen LogP contribution < -0.4 is 0 Å². The van der Waals surface area contributed by atoms with E-state index in [9.17, 15) is 4.79 Å². The number of nitrogens with zero attached hydrogens (tertiary/aromatic N) is 4. The molecule has 1 heterocycles. The van der Waals surface area contributed by atoms with Crippen molar-refractivity contribution in [3.05, 3.63) is 12.2 Å². The highest BCUT2D eigenvalue weighted by molar-refractivity contribution is 5.66. The SMILES string of the molecule is CN(CCCC(=O)O)Cc1ncnn1C. The molecule has 1 N–H and O–H groups in total. The molecule has 0 fully saturated rings. The van der Waals surface area contributed by atoms with Gasteiger partial charge < -0.3 is 5.11 Å². The van der Waals surface area contributed by atoms with Crippen molar-refractivity contribution in [2.24, 2.45) is 7.05 Å². The topological polar surface area (TPSA) is 71.2 Å². The molecular formula is C9H16N4O2. The smallest absolute Gasteiger partial charge is 0.303 e. The zero-order chi connectivity index (χ0) is 11.3. The number of hydrogen-bond donors (Lipinski definition) is 1. The Morgan fingerprint density at radius 2 is 2.40 bits per heavy atom. The molecule has 1 aromatic heterocycles. The van der Waals surface area contributed by atoms with Gasteiger partial charge in [0.15, 0.2) is 0 Å². The summed E-state index contributed by atoms with van der Waals surface area (Å²) in [6.07, 6.45) is 2.38. The molecule has 0 aromatic carbocycles. The molecule has 0 atom stereocenters. The number of carboxylic acid groups (broad SMARTS) is 1. The number of hydrogen-bond acceptors (Lipinski definition) is 4. The van der Waals surface area contributed by atoms with Crippen molar-refractivity contribution < 1.29 is 9.90 Å². The maximum atomic E-state index is 10.3. The van der Waals surface area contributed by atoms with E-state index in [0.29, 0.717) is 13.0 Å². The molecule has 0 aliphatic heterocycles. The Morgan fingerprint density at radius 1 is 1.67 bits per heavy atom. The number of aromatic nitrogens is 3. The fourth-order valence-corrected chi connectivity index (χ4v) is 1.28. The Kier molecular flexibility index (Phi) is 4.23. The number of aryl methyl sites for hydroxylation is 1. The molecular weight excluding hydrogens is 196 g/mol. The first-order valence-corrected chi connectivity index (χ1v) is 4.83. The van der Waals surface area contributed by atoms with Gasteiger partial charge in [0, 0.05) is 13.5 Å². The fourth-order valence-electron chi connectivity index (χ4n) is 1.28. The normalized spacial score (nSPS) is 10.9. The summed E-state index contributed by atoms with van der Waals surface area (Å²) in [6, 6.07) is 0. The third-order valence-corrected chi connectivity index (χ3v) is 2.15. The van der Waals surface area contributed by atoms with Gasteiger partial charge >= 0.3 is 5.97 Å². The quantitative estimate of drug-likeness (QED) is 0.724. The predicted molar refractivity (Wildman–Crippen MR) is 54.2 cm³/mol. The maximum Gasteiger partial charge on any atom is 0.303 e. The molecule has 15 heavy (non-hydrogen) atoms. The van der Waals surface area contributed by atoms with E-state index in [1.54, 1.807) is 4.68 Å². The lowest BCUT2D eigenvalue weighted by Gasteiger charge is -2.14. The minimum absolute atomic E-state index is 0.211. The molecule has 1 aromatic rings. The van der Waals surface area contributed by atoms with Crippen LogP contribution in [0.4, 0.5) is 0 Å². The maximum absolute atomic E-state index is 10.3. The molecule has 1 rings (SSSR count). The first-order valence-electron chi connectivity index (χ1n) is 4.83. The molecule has 0 unspecified atom stereocenters. The van der Waals surface area contributed by atoms with Gasteiger partial charge in [-0.05, 0) is 20.0 Å². The van der Waals surface area contributed by atoms with Gasteiger partial charge in [-0.15, -0.1) is 0 Å². The average Bonchev–Trinajstić information content (AvgIpc) is 2.51. The summed E-state index contributed by atoms with van der Waals surface area (Å²) >= 11 is 0. The molecule has 0 aliphatic rings. The molecule has 0 bridgehead atoms. The molecule has 0 amide bonds. The third-order valence-electron chi connectivity index (χ3n) is 2.15. The number of rotatable bonds is 6. The van der Waals surface area contributed by atoms with Gasteiger partial charge in [0.1, 0.15) is 12.2 Å². The number of carboxylic acids is 1. The summed E-state index contributed by atoms with van der Waals surface area (Å²) < 4.78 is 1.72. The first-order chi connectivity index (χ1) is 7.09. The second kappa shape index (κ2) is 5.45. The zero-order valence-electron chi connectivity index (χ0n) is 9.05. The van der Waals surface area contributed by atoms with Crippen LogP contribution in [-0.4, -0.2) is 44.3 Å². The second-order valence-corrected chi connectivity index (χ2v) is 3.53. The summed E-state index contributed by atoms with van der Waals surface area (Å²) in [5, 5.41) is 12.4. The lowest BCUT2D eigenvalue weighted by molar-refractivity contribution is -0.137. The highest BCUT2D eigenvalue weighted by Crippen LogP contribution is 1.99. The highest BCUT2D eigenvalue weighted by atomic mass is 16.4. The molecule has 0 spiro atoms. The van der Waals surface area contributed by atoms with Crippen LogP contribution in [0.15, 0.2) is 6.33 Å². The minimum Gasteiger partial charge on any atom is -0.481 e. The van der Waals surface area contributed by atoms with Crippen LogP contribution >= 0.6 is 0 Å². The van der Waals surface area contributed by atoms with Gasteiger partial charge in [0.25, 0.3) is 0 Å². The Bertz CT molecular complexity index is 324. The van der Waals surface area contributed by atoms with E-state index in [2.05, 4.69) is 10.1 Å². The minimum atomic E-state index is -0.748. The van der Waals surface area contributed by atoms with E-state index >= 15 is 0 Å². The van der Waals surface area contributed by atoms with E-state index in [1.807, 2.05) is 19.0 Å². The van der Waals surface area contributed by atoms with Gasteiger partial charge in [0.05, 0.1) is 6.54 Å². The Morgan fingerprint density at radius 3 is 2.93 bits per heavy atom. The monoisotopic (exact) mass is 212 g/mol. The van der Waals surface area contributed by atoms with Gasteiger partial charge in [0.2, 0.25) is 0 Å². The second-order valence-electron chi connectivity index (χ2n) is 3.53. The van der Waals surface area contributed by atoms with Crippen molar-refractivity contribution in [3.8, 4) is 0 Å².